The lowest BCUT2D eigenvalue weighted by Crippen LogP contribution is -2.29. The molecule has 3 amide bonds. The predicted molar refractivity (Wildman–Crippen MR) is 118 cm³/mol. The van der Waals surface area contributed by atoms with Crippen LogP contribution in [0.4, 0.5) is 5.69 Å². The molecule has 1 aromatic carbocycles. The van der Waals surface area contributed by atoms with Crippen molar-refractivity contribution < 1.29 is 19.1 Å². The fraction of sp³-hybridized carbons (Fsp3) is 0.136. The number of rotatable bonds is 6. The summed E-state index contributed by atoms with van der Waals surface area (Å²) in [6, 6.07) is 9.92. The number of amides is 3. The van der Waals surface area contributed by atoms with Crippen molar-refractivity contribution in [2.45, 2.75) is 13.1 Å². The van der Waals surface area contributed by atoms with Gasteiger partial charge in [0.1, 0.15) is 23.5 Å². The Bertz CT molecular complexity index is 1400. The van der Waals surface area contributed by atoms with Gasteiger partial charge in [-0.3, -0.25) is 14.4 Å². The van der Waals surface area contributed by atoms with Gasteiger partial charge in [0.05, 0.1) is 24.1 Å². The van der Waals surface area contributed by atoms with Crippen molar-refractivity contribution in [1.82, 2.24) is 35.2 Å². The molecule has 3 aromatic heterocycles. The van der Waals surface area contributed by atoms with Crippen LogP contribution in [0.1, 0.15) is 32.2 Å². The van der Waals surface area contributed by atoms with Gasteiger partial charge in [0, 0.05) is 24.9 Å². The van der Waals surface area contributed by atoms with Gasteiger partial charge in [-0.15, -0.1) is 0 Å². The van der Waals surface area contributed by atoms with Gasteiger partial charge in [0.15, 0.2) is 12.3 Å². The molecule has 0 saturated heterocycles. The van der Waals surface area contributed by atoms with E-state index in [4.69, 9.17) is 4.74 Å². The lowest BCUT2D eigenvalue weighted by Gasteiger charge is -2.18. The average Bonchev–Trinajstić information content (AvgIpc) is 3.34. The number of hydrogen-bond donors (Lipinski definition) is 3. The largest absolute Gasteiger partial charge is 0.482 e. The molecule has 3 N–H and O–H groups in total. The SMILES string of the molecule is O=C1COc2ccc(CNC(=O)c3cc(C(=O)NCc4ccncn4)n4nccc4n3)cc2N1. The molecule has 1 aliphatic heterocycles. The molecule has 170 valence electrons. The summed E-state index contributed by atoms with van der Waals surface area (Å²) in [6.07, 6.45) is 4.47. The second kappa shape index (κ2) is 8.94. The van der Waals surface area contributed by atoms with Crippen molar-refractivity contribution in [3.05, 3.63) is 77.8 Å². The molecule has 4 aromatic rings. The predicted octanol–water partition coefficient (Wildman–Crippen LogP) is 0.710. The van der Waals surface area contributed by atoms with E-state index in [1.165, 1.54) is 23.1 Å². The molecule has 12 heteroatoms. The van der Waals surface area contributed by atoms with Crippen LogP contribution in [0.2, 0.25) is 0 Å². The molecule has 0 saturated carbocycles. The number of aromatic nitrogens is 5. The molecule has 4 heterocycles. The zero-order valence-corrected chi connectivity index (χ0v) is 17.7. The summed E-state index contributed by atoms with van der Waals surface area (Å²) in [7, 11) is 0. The van der Waals surface area contributed by atoms with Crippen LogP contribution in [0.15, 0.2) is 55.1 Å². The van der Waals surface area contributed by atoms with E-state index >= 15 is 0 Å². The zero-order valence-electron chi connectivity index (χ0n) is 17.7. The highest BCUT2D eigenvalue weighted by Gasteiger charge is 2.19. The Morgan fingerprint density at radius 3 is 2.79 bits per heavy atom. The highest BCUT2D eigenvalue weighted by atomic mass is 16.5. The second-order valence-electron chi connectivity index (χ2n) is 7.36. The maximum absolute atomic E-state index is 12.8. The van der Waals surface area contributed by atoms with Crippen LogP contribution in [0.5, 0.6) is 5.75 Å². The summed E-state index contributed by atoms with van der Waals surface area (Å²) in [5.41, 5.74) is 2.51. The Balaban J connectivity index is 1.31. The molecule has 34 heavy (non-hydrogen) atoms. The van der Waals surface area contributed by atoms with E-state index in [1.54, 1.807) is 36.5 Å². The van der Waals surface area contributed by atoms with E-state index in [2.05, 4.69) is 36.0 Å². The van der Waals surface area contributed by atoms with Gasteiger partial charge in [-0.25, -0.2) is 19.5 Å². The van der Waals surface area contributed by atoms with Crippen molar-refractivity contribution in [2.24, 2.45) is 0 Å². The molecule has 1 aliphatic rings. The first-order valence-electron chi connectivity index (χ1n) is 10.3. The third-order valence-corrected chi connectivity index (χ3v) is 5.03. The standard InChI is InChI=1S/C22H18N8O4/c31-20-11-34-18-2-1-13(7-15(18)29-20)9-24-21(32)16-8-17(30-19(28-16)4-6-27-30)22(33)25-10-14-3-5-23-12-26-14/h1-8,12H,9-11H2,(H,24,32)(H,25,33)(H,29,31). The minimum absolute atomic E-state index is 0.0270. The minimum atomic E-state index is -0.466. The molecular weight excluding hydrogens is 440 g/mol. The molecule has 0 unspecified atom stereocenters. The van der Waals surface area contributed by atoms with Gasteiger partial charge in [0.2, 0.25) is 0 Å². The lowest BCUT2D eigenvalue weighted by molar-refractivity contribution is -0.118. The Hall–Kier alpha value is -4.87. The summed E-state index contributed by atoms with van der Waals surface area (Å²) < 4.78 is 6.70. The fourth-order valence-electron chi connectivity index (χ4n) is 3.39. The smallest absolute Gasteiger partial charge is 0.270 e. The first-order valence-corrected chi connectivity index (χ1v) is 10.3. The Labute approximate surface area is 192 Å². The molecule has 0 bridgehead atoms. The van der Waals surface area contributed by atoms with Crippen molar-refractivity contribution in [3.8, 4) is 5.75 Å². The Morgan fingerprint density at radius 1 is 1.06 bits per heavy atom. The highest BCUT2D eigenvalue weighted by Crippen LogP contribution is 2.28. The maximum Gasteiger partial charge on any atom is 0.270 e. The number of fused-ring (bicyclic) bond motifs is 2. The van der Waals surface area contributed by atoms with Crippen molar-refractivity contribution >= 4 is 29.1 Å². The van der Waals surface area contributed by atoms with E-state index in [9.17, 15) is 14.4 Å². The van der Waals surface area contributed by atoms with Crippen molar-refractivity contribution in [2.75, 3.05) is 11.9 Å². The third-order valence-electron chi connectivity index (χ3n) is 5.03. The number of carbonyl (C=O) groups is 3. The van der Waals surface area contributed by atoms with E-state index in [-0.39, 0.29) is 37.0 Å². The molecule has 0 aliphatic carbocycles. The van der Waals surface area contributed by atoms with Crippen LogP contribution in [0.3, 0.4) is 0 Å². The topological polar surface area (TPSA) is 152 Å². The van der Waals surface area contributed by atoms with Gasteiger partial charge in [-0.2, -0.15) is 5.10 Å². The van der Waals surface area contributed by atoms with Crippen LogP contribution in [-0.4, -0.2) is 48.9 Å². The van der Waals surface area contributed by atoms with E-state index in [1.807, 2.05) is 0 Å². The summed E-state index contributed by atoms with van der Waals surface area (Å²) >= 11 is 0. The van der Waals surface area contributed by atoms with Gasteiger partial charge >= 0.3 is 0 Å². The molecule has 0 spiro atoms. The van der Waals surface area contributed by atoms with Crippen LogP contribution in [0, 0.1) is 0 Å². The Kier molecular flexibility index (Phi) is 5.52. The van der Waals surface area contributed by atoms with Gasteiger partial charge in [0.25, 0.3) is 17.7 Å². The van der Waals surface area contributed by atoms with E-state index in [0.717, 1.165) is 5.56 Å². The minimum Gasteiger partial charge on any atom is -0.482 e. The number of hydrogen-bond acceptors (Lipinski definition) is 8. The second-order valence-corrected chi connectivity index (χ2v) is 7.36. The first-order chi connectivity index (χ1) is 16.6. The summed E-state index contributed by atoms with van der Waals surface area (Å²) in [4.78, 5) is 49.4. The normalized spacial score (nSPS) is 12.4. The number of ether oxygens (including phenoxy) is 1. The van der Waals surface area contributed by atoms with Crippen LogP contribution >= 0.6 is 0 Å². The quantitative estimate of drug-likeness (QED) is 0.382. The van der Waals surface area contributed by atoms with E-state index < -0.39 is 11.8 Å². The third kappa shape index (κ3) is 4.37. The van der Waals surface area contributed by atoms with Crippen molar-refractivity contribution in [1.29, 1.82) is 0 Å². The number of benzene rings is 1. The van der Waals surface area contributed by atoms with Gasteiger partial charge in [-0.05, 0) is 23.8 Å². The van der Waals surface area contributed by atoms with Crippen LogP contribution in [-0.2, 0) is 17.9 Å². The summed E-state index contributed by atoms with van der Waals surface area (Å²) in [5, 5.41) is 12.4. The number of carbonyl (C=O) groups excluding carboxylic acids is 3. The van der Waals surface area contributed by atoms with Crippen LogP contribution in [0.25, 0.3) is 5.65 Å². The van der Waals surface area contributed by atoms with Gasteiger partial charge < -0.3 is 20.7 Å². The first kappa shape index (κ1) is 21.0. The monoisotopic (exact) mass is 458 g/mol. The molecular formula is C22H18N8O4. The Morgan fingerprint density at radius 2 is 1.94 bits per heavy atom. The molecule has 0 fully saturated rings. The summed E-state index contributed by atoms with van der Waals surface area (Å²) in [6.45, 7) is 0.344. The maximum atomic E-state index is 12.8. The molecule has 5 rings (SSSR count). The average molecular weight is 458 g/mol. The highest BCUT2D eigenvalue weighted by molar-refractivity contribution is 5.98. The van der Waals surface area contributed by atoms with Crippen molar-refractivity contribution in [3.63, 3.8) is 0 Å². The number of nitrogens with one attached hydrogen (secondary N) is 3. The molecule has 12 nitrogen and oxygen atoms in total. The lowest BCUT2D eigenvalue weighted by atomic mass is 10.1. The van der Waals surface area contributed by atoms with Gasteiger partial charge in [-0.1, -0.05) is 6.07 Å². The van der Waals surface area contributed by atoms with E-state index in [0.29, 0.717) is 22.8 Å². The van der Waals surface area contributed by atoms with Crippen LogP contribution < -0.4 is 20.7 Å². The molecule has 0 atom stereocenters. The zero-order chi connectivity index (χ0) is 23.5. The summed E-state index contributed by atoms with van der Waals surface area (Å²) in [5.74, 6) is -0.571. The number of nitrogens with zero attached hydrogens (tertiary/aromatic N) is 5. The molecule has 0 radical (unpaired) electrons. The fourth-order valence-corrected chi connectivity index (χ4v) is 3.39. The number of anilines is 1.